The number of carbonyl (C=O) groups is 2. The van der Waals surface area contributed by atoms with Crippen molar-refractivity contribution in [3.63, 3.8) is 0 Å². The Labute approximate surface area is 201 Å². The number of nitrogens with two attached hydrogens (primary N) is 1. The van der Waals surface area contributed by atoms with E-state index in [1.54, 1.807) is 13.2 Å². The molecule has 0 bridgehead atoms. The van der Waals surface area contributed by atoms with Gasteiger partial charge < -0.3 is 19.9 Å². The van der Waals surface area contributed by atoms with Gasteiger partial charge in [-0.15, -0.1) is 0 Å². The maximum atomic E-state index is 13.5. The Balaban J connectivity index is 1.69. The first kappa shape index (κ1) is 24.6. The fraction of sp³-hybridized carbons (Fsp3) is 0.400. The third-order valence-electron chi connectivity index (χ3n) is 6.88. The number of methoxy groups -OCH3 is 2. The van der Waals surface area contributed by atoms with Gasteiger partial charge in [-0.3, -0.25) is 14.5 Å². The molecule has 1 atom stereocenters. The summed E-state index contributed by atoms with van der Waals surface area (Å²) in [5.74, 6) is -0.566. The smallest absolute Gasteiger partial charge is 0.387 e. The second-order valence-corrected chi connectivity index (χ2v) is 8.82. The molecule has 1 heterocycles. The van der Waals surface area contributed by atoms with Crippen LogP contribution in [0.4, 0.5) is 8.78 Å². The largest absolute Gasteiger partial charge is 0.469 e. The van der Waals surface area contributed by atoms with Gasteiger partial charge in [0.15, 0.2) is 11.5 Å². The van der Waals surface area contributed by atoms with Crippen LogP contribution in [0.25, 0.3) is 0 Å². The molecule has 1 aliphatic heterocycles. The minimum Gasteiger partial charge on any atom is -0.469 e. The summed E-state index contributed by atoms with van der Waals surface area (Å²) >= 11 is 0. The van der Waals surface area contributed by atoms with Crippen LogP contribution in [0.2, 0.25) is 0 Å². The zero-order valence-electron chi connectivity index (χ0n) is 19.7. The van der Waals surface area contributed by atoms with Crippen LogP contribution in [0.15, 0.2) is 53.5 Å². The molecule has 1 saturated carbocycles. The van der Waals surface area contributed by atoms with Gasteiger partial charge in [0.25, 0.3) is 5.91 Å². The number of nitrogens with zero attached hydrogens (tertiary/aromatic N) is 2. The molecule has 8 nitrogen and oxygen atoms in total. The predicted molar refractivity (Wildman–Crippen MR) is 123 cm³/mol. The molecule has 0 aromatic heterocycles. The summed E-state index contributed by atoms with van der Waals surface area (Å²) in [6.45, 7) is -2.96. The summed E-state index contributed by atoms with van der Waals surface area (Å²) in [6, 6.07) is 13.3. The third-order valence-corrected chi connectivity index (χ3v) is 6.88. The normalized spacial score (nSPS) is 25.9. The molecule has 2 aromatic carbocycles. The minimum atomic E-state index is -2.96. The monoisotopic (exact) mass is 487 g/mol. The molecule has 1 fully saturated rings. The standard InChI is InChI=1S/C25H27F2N3O5/c1-30-21(32)25(29-23(30)28,17-7-9-19(10-8-17)35-22(26)27)18-6-4-5-15(11-18)16-12-24(13-16,34-3)14-20(31)33-2/h4-11,16,22H,12-14H2,1-3H3,(H2,28,29). The van der Waals surface area contributed by atoms with Crippen LogP contribution in [-0.4, -0.2) is 56.2 Å². The van der Waals surface area contributed by atoms with E-state index in [-0.39, 0.29) is 35.9 Å². The van der Waals surface area contributed by atoms with Gasteiger partial charge in [0.2, 0.25) is 0 Å². The number of rotatable bonds is 8. The SMILES string of the molecule is COC(=O)CC1(OC)CC(c2cccc(C3(c4ccc(OC(F)F)cc4)N=C(N)N(C)C3=O)c2)C1. The summed E-state index contributed by atoms with van der Waals surface area (Å²) in [7, 11) is 4.46. The number of halogens is 2. The van der Waals surface area contributed by atoms with Crippen molar-refractivity contribution in [1.29, 1.82) is 0 Å². The van der Waals surface area contributed by atoms with E-state index in [1.165, 1.54) is 43.3 Å². The average Bonchev–Trinajstić information content (AvgIpc) is 3.06. The minimum absolute atomic E-state index is 0.0283. The maximum absolute atomic E-state index is 13.5. The molecule has 1 amide bonds. The highest BCUT2D eigenvalue weighted by atomic mass is 19.3. The van der Waals surface area contributed by atoms with Gasteiger partial charge in [-0.25, -0.2) is 4.99 Å². The Bertz CT molecular complexity index is 1150. The molecular formula is C25H27F2N3O5. The third kappa shape index (κ3) is 4.34. The van der Waals surface area contributed by atoms with Crippen molar-refractivity contribution >= 4 is 17.8 Å². The van der Waals surface area contributed by atoms with Gasteiger partial charge in [-0.1, -0.05) is 36.4 Å². The van der Waals surface area contributed by atoms with Crippen molar-refractivity contribution in [3.8, 4) is 5.75 Å². The lowest BCUT2D eigenvalue weighted by atomic mass is 9.65. The number of hydrogen-bond donors (Lipinski definition) is 1. The maximum Gasteiger partial charge on any atom is 0.387 e. The Morgan fingerprint density at radius 3 is 2.40 bits per heavy atom. The van der Waals surface area contributed by atoms with Gasteiger partial charge in [0.1, 0.15) is 5.75 Å². The summed E-state index contributed by atoms with van der Waals surface area (Å²) in [5, 5.41) is 0. The van der Waals surface area contributed by atoms with Crippen LogP contribution < -0.4 is 10.5 Å². The summed E-state index contributed by atoms with van der Waals surface area (Å²) in [5.41, 5.74) is 6.02. The molecule has 10 heteroatoms. The predicted octanol–water partition coefficient (Wildman–Crippen LogP) is 3.14. The number of likely N-dealkylation sites (N-methyl/N-ethyl adjacent to an activating group) is 1. The highest BCUT2D eigenvalue weighted by Crippen LogP contribution is 2.50. The molecule has 35 heavy (non-hydrogen) atoms. The van der Waals surface area contributed by atoms with Gasteiger partial charge in [0.05, 0.1) is 19.1 Å². The second kappa shape index (κ2) is 9.26. The Hall–Kier alpha value is -3.53. The zero-order chi connectivity index (χ0) is 25.4. The molecule has 1 aliphatic carbocycles. The molecule has 2 N–H and O–H groups in total. The van der Waals surface area contributed by atoms with E-state index < -0.39 is 17.8 Å². The molecule has 2 aliphatic rings. The Morgan fingerprint density at radius 1 is 1.17 bits per heavy atom. The first-order valence-electron chi connectivity index (χ1n) is 11.1. The van der Waals surface area contributed by atoms with E-state index in [0.29, 0.717) is 24.0 Å². The van der Waals surface area contributed by atoms with Gasteiger partial charge in [0, 0.05) is 14.2 Å². The second-order valence-electron chi connectivity index (χ2n) is 8.82. The number of guanidine groups is 1. The van der Waals surface area contributed by atoms with Crippen LogP contribution >= 0.6 is 0 Å². The zero-order valence-corrected chi connectivity index (χ0v) is 19.7. The van der Waals surface area contributed by atoms with Crippen molar-refractivity contribution in [2.24, 2.45) is 10.7 Å². The van der Waals surface area contributed by atoms with Gasteiger partial charge >= 0.3 is 12.6 Å². The lowest BCUT2D eigenvalue weighted by molar-refractivity contribution is -0.155. The lowest BCUT2D eigenvalue weighted by Crippen LogP contribution is -2.46. The van der Waals surface area contributed by atoms with Crippen molar-refractivity contribution < 1.29 is 32.6 Å². The van der Waals surface area contributed by atoms with Crippen LogP contribution in [0.5, 0.6) is 5.75 Å². The first-order chi connectivity index (χ1) is 16.6. The van der Waals surface area contributed by atoms with Crippen molar-refractivity contribution in [3.05, 3.63) is 65.2 Å². The number of ether oxygens (including phenoxy) is 3. The molecule has 4 rings (SSSR count). The summed E-state index contributed by atoms with van der Waals surface area (Å²) in [4.78, 5) is 31.1. The fourth-order valence-electron chi connectivity index (χ4n) is 4.87. The number of benzene rings is 2. The average molecular weight is 488 g/mol. The quantitative estimate of drug-likeness (QED) is 0.574. The van der Waals surface area contributed by atoms with Gasteiger partial charge in [-0.05, 0) is 47.6 Å². The van der Waals surface area contributed by atoms with Crippen molar-refractivity contribution in [2.75, 3.05) is 21.3 Å². The van der Waals surface area contributed by atoms with Crippen LogP contribution in [0.3, 0.4) is 0 Å². The number of hydrogen-bond acceptors (Lipinski definition) is 7. The van der Waals surface area contributed by atoms with Crippen LogP contribution in [0.1, 0.15) is 41.9 Å². The highest BCUT2D eigenvalue weighted by Gasteiger charge is 2.51. The number of amides is 1. The number of carbonyl (C=O) groups excluding carboxylic acids is 2. The molecule has 2 aromatic rings. The van der Waals surface area contributed by atoms with E-state index >= 15 is 0 Å². The van der Waals surface area contributed by atoms with Crippen LogP contribution in [0, 0.1) is 0 Å². The molecule has 0 saturated heterocycles. The van der Waals surface area contributed by atoms with E-state index in [1.807, 2.05) is 18.2 Å². The number of alkyl halides is 2. The van der Waals surface area contributed by atoms with E-state index in [0.717, 1.165) is 5.56 Å². The molecule has 186 valence electrons. The van der Waals surface area contributed by atoms with Gasteiger partial charge in [-0.2, -0.15) is 8.78 Å². The summed E-state index contributed by atoms with van der Waals surface area (Å²) in [6.07, 6.45) is 1.40. The summed E-state index contributed by atoms with van der Waals surface area (Å²) < 4.78 is 40.1. The molecule has 1 unspecified atom stereocenters. The van der Waals surface area contributed by atoms with E-state index in [2.05, 4.69) is 9.73 Å². The molecular weight excluding hydrogens is 460 g/mol. The lowest BCUT2D eigenvalue weighted by Gasteiger charge is -2.46. The molecule has 0 radical (unpaired) electrons. The Kier molecular flexibility index (Phi) is 6.50. The van der Waals surface area contributed by atoms with Crippen LogP contribution in [-0.2, 0) is 24.6 Å². The van der Waals surface area contributed by atoms with E-state index in [4.69, 9.17) is 15.2 Å². The fourth-order valence-corrected chi connectivity index (χ4v) is 4.87. The van der Waals surface area contributed by atoms with Crippen molar-refractivity contribution in [2.45, 2.75) is 42.9 Å². The Morgan fingerprint density at radius 2 is 1.86 bits per heavy atom. The first-order valence-corrected chi connectivity index (χ1v) is 11.1. The number of esters is 1. The topological polar surface area (TPSA) is 103 Å². The molecule has 0 spiro atoms. The number of aliphatic imine (C=N–C) groups is 1. The van der Waals surface area contributed by atoms with Crippen molar-refractivity contribution in [1.82, 2.24) is 4.90 Å². The van der Waals surface area contributed by atoms with E-state index in [9.17, 15) is 18.4 Å². The highest BCUT2D eigenvalue weighted by molar-refractivity contribution is 6.08.